The van der Waals surface area contributed by atoms with E-state index in [1.807, 2.05) is 12.3 Å². The van der Waals surface area contributed by atoms with Gasteiger partial charge in [-0.05, 0) is 45.8 Å². The lowest BCUT2D eigenvalue weighted by molar-refractivity contribution is 1.53. The van der Waals surface area contributed by atoms with Crippen molar-refractivity contribution in [2.24, 2.45) is 0 Å². The molecule has 0 bridgehead atoms. The summed E-state index contributed by atoms with van der Waals surface area (Å²) in [6, 6.07) is 6.25. The van der Waals surface area contributed by atoms with Crippen molar-refractivity contribution in [1.82, 2.24) is 0 Å². The largest absolute Gasteiger partial charge is 0.128 e. The first-order valence-corrected chi connectivity index (χ1v) is 6.84. The number of hydrogen-bond donors (Lipinski definition) is 0. The molecule has 0 amide bonds. The van der Waals surface area contributed by atoms with Crippen molar-refractivity contribution < 1.29 is 0 Å². The second-order valence-corrected chi connectivity index (χ2v) is 6.29. The molecule has 0 aliphatic carbocycles. The van der Waals surface area contributed by atoms with Gasteiger partial charge in [0.15, 0.2) is 0 Å². The van der Waals surface area contributed by atoms with E-state index in [2.05, 4.69) is 28.1 Å². The van der Waals surface area contributed by atoms with Crippen molar-refractivity contribution in [3.8, 4) is 0 Å². The van der Waals surface area contributed by atoms with Gasteiger partial charge in [-0.3, -0.25) is 0 Å². The summed E-state index contributed by atoms with van der Waals surface area (Å²) in [6.45, 7) is 0. The molecule has 13 heavy (non-hydrogen) atoms. The Hall–Kier alpha value is 0.300. The summed E-state index contributed by atoms with van der Waals surface area (Å²) < 4.78 is 2.43. The predicted molar refractivity (Wildman–Crippen MR) is 66.3 cm³/mol. The molecular formula is C9H6BrClS2. The Morgan fingerprint density at radius 3 is 2.85 bits per heavy atom. The Morgan fingerprint density at radius 2 is 2.15 bits per heavy atom. The fraction of sp³-hybridized carbons (Fsp3) is 0.111. The van der Waals surface area contributed by atoms with E-state index in [1.165, 1.54) is 10.1 Å². The Kier molecular flexibility index (Phi) is 2.88. The van der Waals surface area contributed by atoms with Crippen LogP contribution in [0.5, 0.6) is 0 Å². The lowest BCUT2D eigenvalue weighted by Crippen LogP contribution is -1.71. The molecule has 1 aromatic heterocycles. The number of halogens is 2. The second-order valence-electron chi connectivity index (χ2n) is 2.58. The minimum Gasteiger partial charge on any atom is -0.128 e. The maximum atomic E-state index is 6.08. The topological polar surface area (TPSA) is 0 Å². The van der Waals surface area contributed by atoms with Crippen LogP contribution in [0.2, 0.25) is 5.02 Å². The predicted octanol–water partition coefficient (Wildman–Crippen LogP) is 5.04. The molecule has 0 saturated heterocycles. The third-order valence-corrected chi connectivity index (χ3v) is 4.56. The van der Waals surface area contributed by atoms with Crippen molar-refractivity contribution in [2.45, 2.75) is 4.90 Å². The zero-order chi connectivity index (χ0) is 9.42. The van der Waals surface area contributed by atoms with Crippen LogP contribution in [0.15, 0.2) is 26.9 Å². The molecule has 0 spiro atoms. The quantitative estimate of drug-likeness (QED) is 0.664. The van der Waals surface area contributed by atoms with Crippen molar-refractivity contribution in [3.05, 3.63) is 27.0 Å². The van der Waals surface area contributed by atoms with Crippen LogP contribution >= 0.6 is 50.6 Å². The summed E-state index contributed by atoms with van der Waals surface area (Å²) >= 11 is 13.0. The van der Waals surface area contributed by atoms with E-state index in [4.69, 9.17) is 11.6 Å². The Balaban J connectivity index is 2.72. The average molecular weight is 294 g/mol. The molecule has 4 heteroatoms. The van der Waals surface area contributed by atoms with Gasteiger partial charge in [0.2, 0.25) is 0 Å². The zero-order valence-electron chi connectivity index (χ0n) is 6.80. The van der Waals surface area contributed by atoms with Crippen LogP contribution in [-0.2, 0) is 0 Å². The Morgan fingerprint density at radius 1 is 1.38 bits per heavy atom. The van der Waals surface area contributed by atoms with Crippen LogP contribution < -0.4 is 0 Å². The summed E-state index contributed by atoms with van der Waals surface area (Å²) in [5.74, 6) is 0. The SMILES string of the molecule is CSc1cc2sc(Br)cc2cc1Cl. The van der Waals surface area contributed by atoms with Crippen LogP contribution in [-0.4, -0.2) is 6.26 Å². The van der Waals surface area contributed by atoms with Gasteiger partial charge in [0, 0.05) is 9.60 Å². The van der Waals surface area contributed by atoms with Crippen molar-refractivity contribution in [1.29, 1.82) is 0 Å². The Labute approximate surface area is 98.4 Å². The van der Waals surface area contributed by atoms with Gasteiger partial charge < -0.3 is 0 Å². The zero-order valence-corrected chi connectivity index (χ0v) is 10.8. The highest BCUT2D eigenvalue weighted by atomic mass is 79.9. The van der Waals surface area contributed by atoms with Gasteiger partial charge in [0.1, 0.15) is 0 Å². The molecule has 2 rings (SSSR count). The van der Waals surface area contributed by atoms with E-state index in [1.54, 1.807) is 23.1 Å². The van der Waals surface area contributed by atoms with Crippen LogP contribution in [0.1, 0.15) is 0 Å². The molecule has 1 heterocycles. The smallest absolute Gasteiger partial charge is 0.0711 e. The normalized spacial score (nSPS) is 11.0. The van der Waals surface area contributed by atoms with E-state index < -0.39 is 0 Å². The first-order valence-electron chi connectivity index (χ1n) is 3.63. The third kappa shape index (κ3) is 1.89. The third-order valence-electron chi connectivity index (χ3n) is 1.76. The maximum Gasteiger partial charge on any atom is 0.0711 e. The average Bonchev–Trinajstić information content (AvgIpc) is 2.42. The summed E-state index contributed by atoms with van der Waals surface area (Å²) in [6.07, 6.45) is 2.04. The molecule has 0 radical (unpaired) electrons. The van der Waals surface area contributed by atoms with Crippen LogP contribution in [0.4, 0.5) is 0 Å². The van der Waals surface area contributed by atoms with Crippen molar-refractivity contribution >= 4 is 60.7 Å². The molecule has 2 aromatic rings. The molecule has 0 fully saturated rings. The first kappa shape index (κ1) is 9.84. The summed E-state index contributed by atoms with van der Waals surface area (Å²) in [7, 11) is 0. The van der Waals surface area contributed by atoms with E-state index in [0.717, 1.165) is 13.7 Å². The lowest BCUT2D eigenvalue weighted by atomic mass is 10.3. The number of thioether (sulfide) groups is 1. The van der Waals surface area contributed by atoms with E-state index in [0.29, 0.717) is 0 Å². The van der Waals surface area contributed by atoms with Gasteiger partial charge in [-0.2, -0.15) is 0 Å². The standard InChI is InChI=1S/C9H6BrClS2/c1-12-8-4-7-5(2-6(8)11)3-9(10)13-7/h2-4H,1H3. The molecule has 0 unspecified atom stereocenters. The van der Waals surface area contributed by atoms with Crippen LogP contribution in [0.3, 0.4) is 0 Å². The maximum absolute atomic E-state index is 6.08. The summed E-state index contributed by atoms with van der Waals surface area (Å²) in [5.41, 5.74) is 0. The number of benzene rings is 1. The van der Waals surface area contributed by atoms with Gasteiger partial charge >= 0.3 is 0 Å². The van der Waals surface area contributed by atoms with Gasteiger partial charge in [0.05, 0.1) is 8.81 Å². The number of rotatable bonds is 1. The van der Waals surface area contributed by atoms with Crippen molar-refractivity contribution in [3.63, 3.8) is 0 Å². The highest BCUT2D eigenvalue weighted by molar-refractivity contribution is 9.11. The highest BCUT2D eigenvalue weighted by Gasteiger charge is 2.04. The van der Waals surface area contributed by atoms with E-state index in [-0.39, 0.29) is 0 Å². The fourth-order valence-corrected chi connectivity index (χ4v) is 3.71. The Bertz CT molecular complexity index is 450. The summed E-state index contributed by atoms with van der Waals surface area (Å²) in [5, 5.41) is 2.05. The molecule has 0 N–H and O–H groups in total. The molecule has 68 valence electrons. The second kappa shape index (κ2) is 3.81. The number of thiophene rings is 1. The van der Waals surface area contributed by atoms with E-state index >= 15 is 0 Å². The highest BCUT2D eigenvalue weighted by Crippen LogP contribution is 2.36. The summed E-state index contributed by atoms with van der Waals surface area (Å²) in [4.78, 5) is 1.14. The van der Waals surface area contributed by atoms with Crippen LogP contribution in [0, 0.1) is 0 Å². The van der Waals surface area contributed by atoms with Gasteiger partial charge in [-0.15, -0.1) is 23.1 Å². The van der Waals surface area contributed by atoms with Gasteiger partial charge in [-0.1, -0.05) is 11.6 Å². The monoisotopic (exact) mass is 292 g/mol. The lowest BCUT2D eigenvalue weighted by Gasteiger charge is -1.99. The van der Waals surface area contributed by atoms with E-state index in [9.17, 15) is 0 Å². The number of hydrogen-bond acceptors (Lipinski definition) is 2. The van der Waals surface area contributed by atoms with Crippen LogP contribution in [0.25, 0.3) is 10.1 Å². The molecule has 1 aromatic carbocycles. The fourth-order valence-electron chi connectivity index (χ4n) is 1.16. The molecule has 0 aliphatic rings. The van der Waals surface area contributed by atoms with Crippen molar-refractivity contribution in [2.75, 3.05) is 6.26 Å². The first-order chi connectivity index (χ1) is 6.20. The minimum atomic E-state index is 0.838. The number of fused-ring (bicyclic) bond motifs is 1. The molecule has 0 saturated carbocycles. The molecule has 0 aliphatic heterocycles. The molecular weight excluding hydrogens is 288 g/mol. The minimum absolute atomic E-state index is 0.838. The molecule has 0 nitrogen and oxygen atoms in total. The van der Waals surface area contributed by atoms with Gasteiger partial charge in [-0.25, -0.2) is 0 Å². The van der Waals surface area contributed by atoms with Gasteiger partial charge in [0.25, 0.3) is 0 Å². The molecule has 0 atom stereocenters.